The first-order valence-corrected chi connectivity index (χ1v) is 5.45. The maximum Gasteiger partial charge on any atom is 0.199 e. The van der Waals surface area contributed by atoms with E-state index in [2.05, 4.69) is 25.8 Å². The number of nitrogens with zero attached hydrogens (tertiary/aromatic N) is 5. The van der Waals surface area contributed by atoms with Gasteiger partial charge in [-0.2, -0.15) is 4.52 Å². The third-order valence-electron chi connectivity index (χ3n) is 2.57. The molecular weight excluding hydrogens is 230 g/mol. The van der Waals surface area contributed by atoms with E-state index >= 15 is 0 Å². The first-order chi connectivity index (χ1) is 8.86. The van der Waals surface area contributed by atoms with Crippen LogP contribution in [-0.4, -0.2) is 25.0 Å². The van der Waals surface area contributed by atoms with Gasteiger partial charge in [0, 0.05) is 12.2 Å². The summed E-state index contributed by atoms with van der Waals surface area (Å²) in [4.78, 5) is 4.07. The topological polar surface area (TPSA) is 94.0 Å². The number of hydrogen-bond acceptors (Lipinski definition) is 6. The fraction of sp³-hybridized carbons (Fsp3) is 0.0909. The highest BCUT2D eigenvalue weighted by atomic mass is 15.5. The van der Waals surface area contributed by atoms with Gasteiger partial charge in [-0.15, -0.1) is 5.10 Å². The second kappa shape index (κ2) is 4.38. The normalized spacial score (nSPS) is 10.7. The molecule has 0 bridgehead atoms. The number of tetrazole rings is 1. The molecule has 90 valence electrons. The van der Waals surface area contributed by atoms with Crippen LogP contribution in [-0.2, 0) is 6.54 Å². The van der Waals surface area contributed by atoms with Crippen LogP contribution in [0.3, 0.4) is 0 Å². The number of nitrogens with two attached hydrogens (primary N) is 1. The summed E-state index contributed by atoms with van der Waals surface area (Å²) in [5, 5.41) is 14.5. The maximum atomic E-state index is 5.55. The third-order valence-corrected chi connectivity index (χ3v) is 2.57. The van der Waals surface area contributed by atoms with Crippen LogP contribution in [0.25, 0.3) is 5.65 Å². The molecule has 1 aromatic carbocycles. The van der Waals surface area contributed by atoms with Crippen LogP contribution in [0.5, 0.6) is 0 Å². The highest BCUT2D eigenvalue weighted by Crippen LogP contribution is 2.16. The molecule has 0 unspecified atom stereocenters. The van der Waals surface area contributed by atoms with Gasteiger partial charge in [-0.05, 0) is 28.1 Å². The van der Waals surface area contributed by atoms with Gasteiger partial charge in [-0.3, -0.25) is 4.98 Å². The number of hydrogen-bond donors (Lipinski definition) is 2. The smallest absolute Gasteiger partial charge is 0.199 e. The van der Waals surface area contributed by atoms with Crippen LogP contribution < -0.4 is 11.1 Å². The van der Waals surface area contributed by atoms with Crippen molar-refractivity contribution in [2.24, 2.45) is 5.73 Å². The Morgan fingerprint density at radius 1 is 1.17 bits per heavy atom. The molecule has 7 heteroatoms. The zero-order valence-corrected chi connectivity index (χ0v) is 9.48. The van der Waals surface area contributed by atoms with Gasteiger partial charge < -0.3 is 11.1 Å². The summed E-state index contributed by atoms with van der Waals surface area (Å²) in [6.07, 6.45) is 3.27. The van der Waals surface area contributed by atoms with Crippen LogP contribution in [0.2, 0.25) is 0 Å². The SMILES string of the molecule is NCc1ccc(Nc2cncc3nnnn23)cc1. The summed E-state index contributed by atoms with van der Waals surface area (Å²) in [5.41, 5.74) is 8.16. The summed E-state index contributed by atoms with van der Waals surface area (Å²) in [5.74, 6) is 0.706. The van der Waals surface area contributed by atoms with Gasteiger partial charge in [-0.1, -0.05) is 12.1 Å². The molecule has 2 heterocycles. The molecule has 0 amide bonds. The molecule has 0 saturated carbocycles. The summed E-state index contributed by atoms with van der Waals surface area (Å²) in [6.45, 7) is 0.532. The highest BCUT2D eigenvalue weighted by molar-refractivity contribution is 5.58. The van der Waals surface area contributed by atoms with Gasteiger partial charge in [0.1, 0.15) is 0 Å². The summed E-state index contributed by atoms with van der Waals surface area (Å²) in [7, 11) is 0. The standard InChI is InChI=1S/C11H11N7/c12-5-8-1-3-9(4-2-8)14-10-6-13-7-11-15-16-17-18(10)11/h1-4,6-7,14H,5,12H2. The second-order valence-electron chi connectivity index (χ2n) is 3.77. The van der Waals surface area contributed by atoms with Crippen molar-refractivity contribution < 1.29 is 0 Å². The number of rotatable bonds is 3. The third kappa shape index (κ3) is 1.87. The zero-order valence-electron chi connectivity index (χ0n) is 9.48. The van der Waals surface area contributed by atoms with E-state index in [1.807, 2.05) is 24.3 Å². The lowest BCUT2D eigenvalue weighted by atomic mass is 10.2. The number of anilines is 2. The van der Waals surface area contributed by atoms with Crippen molar-refractivity contribution in [3.05, 3.63) is 42.2 Å². The molecule has 0 spiro atoms. The van der Waals surface area contributed by atoms with Crippen LogP contribution in [0.1, 0.15) is 5.56 Å². The molecule has 3 aromatic rings. The molecule has 3 rings (SSSR count). The van der Waals surface area contributed by atoms with Crippen molar-refractivity contribution in [1.29, 1.82) is 0 Å². The van der Waals surface area contributed by atoms with E-state index in [0.717, 1.165) is 11.3 Å². The van der Waals surface area contributed by atoms with E-state index in [-0.39, 0.29) is 0 Å². The van der Waals surface area contributed by atoms with Crippen LogP contribution in [0, 0.1) is 0 Å². The minimum Gasteiger partial charge on any atom is -0.339 e. The van der Waals surface area contributed by atoms with Gasteiger partial charge in [0.2, 0.25) is 0 Å². The van der Waals surface area contributed by atoms with E-state index in [1.54, 1.807) is 16.9 Å². The Kier molecular flexibility index (Phi) is 2.58. The van der Waals surface area contributed by atoms with Crippen LogP contribution in [0.15, 0.2) is 36.7 Å². The Morgan fingerprint density at radius 2 is 2.00 bits per heavy atom. The molecule has 18 heavy (non-hydrogen) atoms. The first kappa shape index (κ1) is 10.6. The predicted molar refractivity (Wildman–Crippen MR) is 66.2 cm³/mol. The molecule has 0 aliphatic rings. The van der Waals surface area contributed by atoms with Crippen LogP contribution in [0.4, 0.5) is 11.5 Å². The largest absolute Gasteiger partial charge is 0.339 e. The van der Waals surface area contributed by atoms with Gasteiger partial charge in [0.25, 0.3) is 0 Å². The van der Waals surface area contributed by atoms with Crippen molar-refractivity contribution in [3.63, 3.8) is 0 Å². The number of nitrogens with one attached hydrogen (secondary N) is 1. The molecule has 0 radical (unpaired) electrons. The average Bonchev–Trinajstić information content (AvgIpc) is 2.89. The quantitative estimate of drug-likeness (QED) is 0.701. The minimum absolute atomic E-state index is 0.532. The van der Waals surface area contributed by atoms with Crippen molar-refractivity contribution in [2.45, 2.75) is 6.54 Å². The lowest BCUT2D eigenvalue weighted by Gasteiger charge is -2.07. The van der Waals surface area contributed by atoms with Crippen molar-refractivity contribution in [2.75, 3.05) is 5.32 Å². The fourth-order valence-electron chi connectivity index (χ4n) is 1.63. The minimum atomic E-state index is 0.532. The molecule has 0 atom stereocenters. The van der Waals surface area contributed by atoms with Crippen LogP contribution >= 0.6 is 0 Å². The average molecular weight is 241 g/mol. The lowest BCUT2D eigenvalue weighted by molar-refractivity contribution is 0.826. The molecule has 7 nitrogen and oxygen atoms in total. The molecule has 3 N–H and O–H groups in total. The summed E-state index contributed by atoms with van der Waals surface area (Å²) >= 11 is 0. The molecule has 0 saturated heterocycles. The van der Waals surface area contributed by atoms with Gasteiger partial charge >= 0.3 is 0 Å². The van der Waals surface area contributed by atoms with Gasteiger partial charge in [-0.25, -0.2) is 0 Å². The van der Waals surface area contributed by atoms with Crippen molar-refractivity contribution in [1.82, 2.24) is 25.0 Å². The Bertz CT molecular complexity index is 658. The maximum absolute atomic E-state index is 5.55. The first-order valence-electron chi connectivity index (χ1n) is 5.45. The summed E-state index contributed by atoms with van der Waals surface area (Å²) in [6, 6.07) is 7.84. The fourth-order valence-corrected chi connectivity index (χ4v) is 1.63. The van der Waals surface area contributed by atoms with Gasteiger partial charge in [0.15, 0.2) is 11.5 Å². The van der Waals surface area contributed by atoms with E-state index in [4.69, 9.17) is 5.73 Å². The monoisotopic (exact) mass is 241 g/mol. The lowest BCUT2D eigenvalue weighted by Crippen LogP contribution is -2.01. The second-order valence-corrected chi connectivity index (χ2v) is 3.77. The van der Waals surface area contributed by atoms with Crippen molar-refractivity contribution in [3.8, 4) is 0 Å². The predicted octanol–water partition coefficient (Wildman–Crippen LogP) is 0.722. The Hall–Kier alpha value is -2.54. The van der Waals surface area contributed by atoms with E-state index < -0.39 is 0 Å². The number of aromatic nitrogens is 5. The zero-order chi connectivity index (χ0) is 12.4. The highest BCUT2D eigenvalue weighted by Gasteiger charge is 2.03. The molecule has 0 aliphatic heterocycles. The van der Waals surface area contributed by atoms with E-state index in [0.29, 0.717) is 18.0 Å². The molecular formula is C11H11N7. The number of benzene rings is 1. The molecule has 2 aromatic heterocycles. The van der Waals surface area contributed by atoms with Crippen molar-refractivity contribution >= 4 is 17.2 Å². The Balaban J connectivity index is 1.93. The summed E-state index contributed by atoms with van der Waals surface area (Å²) < 4.78 is 1.59. The Morgan fingerprint density at radius 3 is 2.78 bits per heavy atom. The van der Waals surface area contributed by atoms with Gasteiger partial charge in [0.05, 0.1) is 12.4 Å². The molecule has 0 aliphatic carbocycles. The number of fused-ring (bicyclic) bond motifs is 1. The van der Waals surface area contributed by atoms with E-state index in [9.17, 15) is 0 Å². The molecule has 0 fully saturated rings. The van der Waals surface area contributed by atoms with E-state index in [1.165, 1.54) is 0 Å². The Labute approximate surface area is 103 Å².